The molecule has 24 heavy (non-hydrogen) atoms. The summed E-state index contributed by atoms with van der Waals surface area (Å²) in [6, 6.07) is 7.52. The number of ether oxygens (including phenoxy) is 1. The Labute approximate surface area is 142 Å². The van der Waals surface area contributed by atoms with Crippen LogP contribution in [-0.2, 0) is 4.74 Å². The zero-order valence-corrected chi connectivity index (χ0v) is 14.5. The lowest BCUT2D eigenvalue weighted by molar-refractivity contribution is 0.0263. The number of hydrogen-bond donors (Lipinski definition) is 2. The Morgan fingerprint density at radius 2 is 1.83 bits per heavy atom. The molecule has 7 heteroatoms. The first-order valence-electron chi connectivity index (χ1n) is 8.11. The molecule has 7 nitrogen and oxygen atoms in total. The van der Waals surface area contributed by atoms with Gasteiger partial charge in [0.25, 0.3) is 0 Å². The Kier molecular flexibility index (Phi) is 5.54. The highest BCUT2D eigenvalue weighted by atomic mass is 16.6. The van der Waals surface area contributed by atoms with E-state index >= 15 is 0 Å². The molecule has 1 amide bonds. The van der Waals surface area contributed by atoms with E-state index in [2.05, 4.69) is 10.1 Å². The second kappa shape index (κ2) is 7.42. The molecule has 3 N–H and O–H groups in total. The van der Waals surface area contributed by atoms with Crippen LogP contribution in [0.5, 0.6) is 0 Å². The maximum absolute atomic E-state index is 12.2. The van der Waals surface area contributed by atoms with Crippen LogP contribution in [-0.4, -0.2) is 53.8 Å². The minimum absolute atomic E-state index is 0.0912. The second-order valence-corrected chi connectivity index (χ2v) is 6.84. The number of oxime groups is 1. The number of nitrogens with zero attached hydrogens (tertiary/aromatic N) is 3. The van der Waals surface area contributed by atoms with E-state index in [1.807, 2.05) is 45.0 Å². The van der Waals surface area contributed by atoms with Gasteiger partial charge in [0.1, 0.15) is 5.60 Å². The van der Waals surface area contributed by atoms with Crippen molar-refractivity contribution >= 4 is 17.6 Å². The van der Waals surface area contributed by atoms with E-state index in [-0.39, 0.29) is 11.9 Å². The van der Waals surface area contributed by atoms with Crippen molar-refractivity contribution in [2.24, 2.45) is 10.9 Å². The number of carbonyl (C=O) groups excluding carboxylic acids is 1. The molecule has 0 aromatic heterocycles. The van der Waals surface area contributed by atoms with Gasteiger partial charge < -0.3 is 25.5 Å². The minimum Gasteiger partial charge on any atom is -0.444 e. The van der Waals surface area contributed by atoms with Gasteiger partial charge in [-0.2, -0.15) is 0 Å². The van der Waals surface area contributed by atoms with Crippen molar-refractivity contribution in [2.45, 2.75) is 32.8 Å². The van der Waals surface area contributed by atoms with Gasteiger partial charge in [-0.05, 0) is 51.5 Å². The number of benzene rings is 1. The number of anilines is 1. The second-order valence-electron chi connectivity index (χ2n) is 6.84. The van der Waals surface area contributed by atoms with Crippen LogP contribution >= 0.6 is 0 Å². The molecule has 0 aliphatic carbocycles. The van der Waals surface area contributed by atoms with Gasteiger partial charge in [0.05, 0.1) is 0 Å². The predicted molar refractivity (Wildman–Crippen MR) is 93.6 cm³/mol. The van der Waals surface area contributed by atoms with Gasteiger partial charge >= 0.3 is 6.09 Å². The molecule has 1 fully saturated rings. The van der Waals surface area contributed by atoms with Crippen LogP contribution in [0.2, 0.25) is 0 Å². The molecule has 1 aliphatic heterocycles. The predicted octanol–water partition coefficient (Wildman–Crippen LogP) is 2.23. The van der Waals surface area contributed by atoms with Crippen molar-refractivity contribution in [1.82, 2.24) is 4.90 Å². The smallest absolute Gasteiger partial charge is 0.410 e. The third kappa shape index (κ3) is 4.78. The molecule has 0 bridgehead atoms. The van der Waals surface area contributed by atoms with Crippen LogP contribution in [0.3, 0.4) is 0 Å². The molecular formula is C17H26N4O3. The fourth-order valence-electron chi connectivity index (χ4n) is 2.59. The first-order chi connectivity index (χ1) is 11.3. The Hall–Kier alpha value is -2.44. The van der Waals surface area contributed by atoms with E-state index in [1.165, 1.54) is 0 Å². The van der Waals surface area contributed by atoms with Crippen LogP contribution in [0.15, 0.2) is 29.4 Å². The van der Waals surface area contributed by atoms with E-state index in [0.717, 1.165) is 25.2 Å². The number of rotatable bonds is 2. The number of amidine groups is 1. The zero-order chi connectivity index (χ0) is 17.7. The molecule has 132 valence electrons. The van der Waals surface area contributed by atoms with Gasteiger partial charge in [0.2, 0.25) is 0 Å². The molecule has 1 heterocycles. The topological polar surface area (TPSA) is 91.4 Å². The lowest BCUT2D eigenvalue weighted by atomic mass is 10.2. The Balaban J connectivity index is 1.99. The maximum Gasteiger partial charge on any atom is 0.410 e. The molecule has 1 aliphatic rings. The highest BCUT2D eigenvalue weighted by Crippen LogP contribution is 2.18. The summed E-state index contributed by atoms with van der Waals surface area (Å²) in [6.45, 7) is 8.53. The summed E-state index contributed by atoms with van der Waals surface area (Å²) < 4.78 is 5.45. The molecule has 2 rings (SSSR count). The van der Waals surface area contributed by atoms with Crippen LogP contribution in [0.4, 0.5) is 10.5 Å². The van der Waals surface area contributed by atoms with E-state index in [9.17, 15) is 4.79 Å². The first kappa shape index (κ1) is 17.9. The SMILES string of the molecule is CC(C)(C)OC(=O)N1CCCN(c2ccc(/C(N)=N/O)cc2)CC1. The summed E-state index contributed by atoms with van der Waals surface area (Å²) in [6.07, 6.45) is 0.618. The van der Waals surface area contributed by atoms with Crippen LogP contribution < -0.4 is 10.6 Å². The van der Waals surface area contributed by atoms with E-state index in [1.54, 1.807) is 4.90 Å². The fourth-order valence-corrected chi connectivity index (χ4v) is 2.59. The molecule has 0 spiro atoms. The minimum atomic E-state index is -0.479. The summed E-state index contributed by atoms with van der Waals surface area (Å²) in [4.78, 5) is 16.2. The van der Waals surface area contributed by atoms with Crippen LogP contribution in [0.1, 0.15) is 32.8 Å². The van der Waals surface area contributed by atoms with E-state index in [4.69, 9.17) is 15.7 Å². The van der Waals surface area contributed by atoms with Gasteiger partial charge in [-0.25, -0.2) is 4.79 Å². The van der Waals surface area contributed by atoms with Crippen LogP contribution in [0, 0.1) is 0 Å². The fraction of sp³-hybridized carbons (Fsp3) is 0.529. The number of hydrogen-bond acceptors (Lipinski definition) is 5. The van der Waals surface area contributed by atoms with Crippen molar-refractivity contribution in [2.75, 3.05) is 31.1 Å². The van der Waals surface area contributed by atoms with Gasteiger partial charge in [-0.3, -0.25) is 0 Å². The van der Waals surface area contributed by atoms with E-state index in [0.29, 0.717) is 18.7 Å². The molecular weight excluding hydrogens is 308 g/mol. The number of amides is 1. The molecule has 1 aromatic carbocycles. The van der Waals surface area contributed by atoms with Crippen molar-refractivity contribution in [1.29, 1.82) is 0 Å². The third-order valence-electron chi connectivity index (χ3n) is 3.78. The quantitative estimate of drug-likeness (QED) is 0.374. The molecule has 1 aromatic rings. The molecule has 0 saturated carbocycles. The normalized spacial score (nSPS) is 16.7. The van der Waals surface area contributed by atoms with Crippen molar-refractivity contribution in [3.05, 3.63) is 29.8 Å². The molecule has 1 saturated heterocycles. The third-order valence-corrected chi connectivity index (χ3v) is 3.78. The lowest BCUT2D eigenvalue weighted by Gasteiger charge is -2.27. The molecule has 0 atom stereocenters. The van der Waals surface area contributed by atoms with Gasteiger partial charge in [-0.15, -0.1) is 0 Å². The van der Waals surface area contributed by atoms with Gasteiger partial charge in [-0.1, -0.05) is 5.16 Å². The van der Waals surface area contributed by atoms with Crippen molar-refractivity contribution < 1.29 is 14.7 Å². The Morgan fingerprint density at radius 3 is 2.42 bits per heavy atom. The zero-order valence-electron chi connectivity index (χ0n) is 14.5. The highest BCUT2D eigenvalue weighted by molar-refractivity contribution is 5.97. The maximum atomic E-state index is 12.2. The summed E-state index contributed by atoms with van der Waals surface area (Å²) in [5.74, 6) is 0.0912. The lowest BCUT2D eigenvalue weighted by Crippen LogP contribution is -2.39. The number of carbonyl (C=O) groups is 1. The van der Waals surface area contributed by atoms with Gasteiger partial charge in [0.15, 0.2) is 5.84 Å². The summed E-state index contributed by atoms with van der Waals surface area (Å²) in [7, 11) is 0. The molecule has 0 unspecified atom stereocenters. The van der Waals surface area contributed by atoms with Crippen LogP contribution in [0.25, 0.3) is 0 Å². The highest BCUT2D eigenvalue weighted by Gasteiger charge is 2.24. The van der Waals surface area contributed by atoms with Gasteiger partial charge in [0, 0.05) is 37.4 Å². The standard InChI is InChI=1S/C17H26N4O3/c1-17(2,3)24-16(22)21-10-4-9-20(11-12-21)14-7-5-13(6-8-14)15(18)19-23/h5-8,23H,4,9-12H2,1-3H3,(H2,18,19). The monoisotopic (exact) mass is 334 g/mol. The summed E-state index contributed by atoms with van der Waals surface area (Å²) in [5.41, 5.74) is 6.82. The average molecular weight is 334 g/mol. The summed E-state index contributed by atoms with van der Waals surface area (Å²) >= 11 is 0. The molecule has 0 radical (unpaired) electrons. The number of nitrogens with two attached hydrogens (primary N) is 1. The first-order valence-corrected chi connectivity index (χ1v) is 8.11. The average Bonchev–Trinajstić information content (AvgIpc) is 2.79. The summed E-state index contributed by atoms with van der Waals surface area (Å²) in [5, 5.41) is 11.7. The van der Waals surface area contributed by atoms with E-state index < -0.39 is 5.60 Å². The van der Waals surface area contributed by atoms with Crippen molar-refractivity contribution in [3.8, 4) is 0 Å². The Bertz CT molecular complexity index is 593. The van der Waals surface area contributed by atoms with Crippen molar-refractivity contribution in [3.63, 3.8) is 0 Å². The Morgan fingerprint density at radius 1 is 1.17 bits per heavy atom. The largest absolute Gasteiger partial charge is 0.444 e.